The van der Waals surface area contributed by atoms with Crippen molar-refractivity contribution in [2.75, 3.05) is 42.8 Å². The SMILES string of the molecule is NC(=O)C1CCN(c2cccc(N3CCOCC3)n2)N1. The molecule has 1 aromatic rings. The Labute approximate surface area is 117 Å². The molecule has 0 bridgehead atoms. The van der Waals surface area contributed by atoms with Gasteiger partial charge in [0.25, 0.3) is 0 Å². The van der Waals surface area contributed by atoms with Crippen LogP contribution in [0.4, 0.5) is 11.6 Å². The van der Waals surface area contributed by atoms with Gasteiger partial charge in [-0.15, -0.1) is 0 Å². The van der Waals surface area contributed by atoms with Crippen LogP contribution in [0.15, 0.2) is 18.2 Å². The zero-order valence-corrected chi connectivity index (χ0v) is 11.3. The Kier molecular flexibility index (Phi) is 3.70. The quantitative estimate of drug-likeness (QED) is 0.774. The van der Waals surface area contributed by atoms with Gasteiger partial charge in [0.2, 0.25) is 5.91 Å². The minimum Gasteiger partial charge on any atom is -0.378 e. The van der Waals surface area contributed by atoms with Crippen molar-refractivity contribution in [1.82, 2.24) is 10.4 Å². The minimum absolute atomic E-state index is 0.302. The van der Waals surface area contributed by atoms with Crippen LogP contribution in [-0.2, 0) is 9.53 Å². The number of carbonyl (C=O) groups excluding carboxylic acids is 1. The van der Waals surface area contributed by atoms with Crippen LogP contribution in [-0.4, -0.2) is 49.8 Å². The molecule has 20 heavy (non-hydrogen) atoms. The van der Waals surface area contributed by atoms with Crippen LogP contribution in [0, 0.1) is 0 Å². The highest BCUT2D eigenvalue weighted by molar-refractivity contribution is 5.80. The van der Waals surface area contributed by atoms with Gasteiger partial charge >= 0.3 is 0 Å². The molecule has 3 N–H and O–H groups in total. The first kappa shape index (κ1) is 13.1. The van der Waals surface area contributed by atoms with Gasteiger partial charge in [-0.25, -0.2) is 10.4 Å². The second-order valence-corrected chi connectivity index (χ2v) is 4.98. The summed E-state index contributed by atoms with van der Waals surface area (Å²) in [4.78, 5) is 18.0. The van der Waals surface area contributed by atoms with E-state index in [1.807, 2.05) is 23.2 Å². The summed E-state index contributed by atoms with van der Waals surface area (Å²) in [7, 11) is 0. The van der Waals surface area contributed by atoms with Crippen LogP contribution in [0.3, 0.4) is 0 Å². The standard InChI is InChI=1S/C13H19N5O2/c14-13(19)10-4-5-18(16-10)12-3-1-2-11(15-12)17-6-8-20-9-7-17/h1-3,10,16H,4-9H2,(H2,14,19). The maximum Gasteiger partial charge on any atom is 0.236 e. The molecule has 0 saturated carbocycles. The van der Waals surface area contributed by atoms with E-state index >= 15 is 0 Å². The van der Waals surface area contributed by atoms with E-state index in [9.17, 15) is 4.79 Å². The summed E-state index contributed by atoms with van der Waals surface area (Å²) in [5.74, 6) is 1.43. The van der Waals surface area contributed by atoms with Crippen LogP contribution in [0.25, 0.3) is 0 Å². The third-order valence-electron chi connectivity index (χ3n) is 3.63. The lowest BCUT2D eigenvalue weighted by Gasteiger charge is -2.28. The summed E-state index contributed by atoms with van der Waals surface area (Å²) in [6.07, 6.45) is 0.707. The highest BCUT2D eigenvalue weighted by atomic mass is 16.5. The first-order chi connectivity index (χ1) is 9.74. The van der Waals surface area contributed by atoms with Crippen molar-refractivity contribution in [3.8, 4) is 0 Å². The highest BCUT2D eigenvalue weighted by Gasteiger charge is 2.27. The molecule has 0 spiro atoms. The zero-order valence-electron chi connectivity index (χ0n) is 11.3. The monoisotopic (exact) mass is 277 g/mol. The van der Waals surface area contributed by atoms with Gasteiger partial charge in [0.15, 0.2) is 0 Å². The number of hydrogen-bond acceptors (Lipinski definition) is 6. The van der Waals surface area contributed by atoms with Gasteiger partial charge in [-0.05, 0) is 18.6 Å². The van der Waals surface area contributed by atoms with E-state index in [0.717, 1.165) is 44.5 Å². The summed E-state index contributed by atoms with van der Waals surface area (Å²) in [6, 6.07) is 5.60. The van der Waals surface area contributed by atoms with Crippen molar-refractivity contribution < 1.29 is 9.53 Å². The molecule has 0 aromatic carbocycles. The molecule has 7 nitrogen and oxygen atoms in total. The molecule has 0 aliphatic carbocycles. The van der Waals surface area contributed by atoms with E-state index in [0.29, 0.717) is 6.42 Å². The molecule has 1 amide bonds. The number of pyridine rings is 1. The van der Waals surface area contributed by atoms with Gasteiger partial charge in [-0.1, -0.05) is 6.07 Å². The maximum absolute atomic E-state index is 11.2. The van der Waals surface area contributed by atoms with E-state index in [1.165, 1.54) is 0 Å². The van der Waals surface area contributed by atoms with Crippen LogP contribution < -0.4 is 21.1 Å². The second kappa shape index (κ2) is 5.64. The molecule has 2 aliphatic heterocycles. The van der Waals surface area contributed by atoms with Gasteiger partial charge in [0.1, 0.15) is 17.7 Å². The maximum atomic E-state index is 11.2. The first-order valence-corrected chi connectivity index (χ1v) is 6.87. The molecule has 7 heteroatoms. The van der Waals surface area contributed by atoms with E-state index in [2.05, 4.69) is 15.3 Å². The molecule has 1 unspecified atom stereocenters. The number of nitrogens with zero attached hydrogens (tertiary/aromatic N) is 3. The number of morpholine rings is 1. The summed E-state index contributed by atoms with van der Waals surface area (Å²) < 4.78 is 5.35. The summed E-state index contributed by atoms with van der Waals surface area (Å²) in [5.41, 5.74) is 8.40. The van der Waals surface area contributed by atoms with Crippen molar-refractivity contribution in [3.05, 3.63) is 18.2 Å². The Morgan fingerprint density at radius 2 is 2.05 bits per heavy atom. The average molecular weight is 277 g/mol. The van der Waals surface area contributed by atoms with Crippen molar-refractivity contribution >= 4 is 17.5 Å². The Balaban J connectivity index is 1.73. The van der Waals surface area contributed by atoms with E-state index < -0.39 is 0 Å². The van der Waals surface area contributed by atoms with Gasteiger partial charge < -0.3 is 15.4 Å². The normalized spacial score (nSPS) is 23.1. The third-order valence-corrected chi connectivity index (χ3v) is 3.63. The molecule has 108 valence electrons. The predicted molar refractivity (Wildman–Crippen MR) is 75.4 cm³/mol. The number of hydrazine groups is 1. The Morgan fingerprint density at radius 3 is 2.75 bits per heavy atom. The summed E-state index contributed by atoms with van der Waals surface area (Å²) in [5, 5.41) is 1.89. The second-order valence-electron chi connectivity index (χ2n) is 4.98. The fourth-order valence-electron chi connectivity index (χ4n) is 2.49. The lowest BCUT2D eigenvalue weighted by atomic mass is 10.2. The molecule has 0 radical (unpaired) electrons. The van der Waals surface area contributed by atoms with Gasteiger partial charge in [0.05, 0.1) is 13.2 Å². The van der Waals surface area contributed by atoms with Crippen molar-refractivity contribution in [2.45, 2.75) is 12.5 Å². The highest BCUT2D eigenvalue weighted by Crippen LogP contribution is 2.20. The molecule has 3 heterocycles. The molecule has 2 aliphatic rings. The van der Waals surface area contributed by atoms with Crippen LogP contribution in [0.1, 0.15) is 6.42 Å². The Hall–Kier alpha value is -1.86. The van der Waals surface area contributed by atoms with Crippen LogP contribution in [0.5, 0.6) is 0 Å². The molecule has 2 saturated heterocycles. The smallest absolute Gasteiger partial charge is 0.236 e. The molecule has 2 fully saturated rings. The lowest BCUT2D eigenvalue weighted by Crippen LogP contribution is -2.43. The third kappa shape index (κ3) is 2.68. The average Bonchev–Trinajstić information content (AvgIpc) is 2.98. The number of anilines is 2. The van der Waals surface area contributed by atoms with E-state index in [-0.39, 0.29) is 11.9 Å². The predicted octanol–water partition coefficient (Wildman–Crippen LogP) is -0.513. The summed E-state index contributed by atoms with van der Waals surface area (Å²) in [6.45, 7) is 3.91. The number of amides is 1. The van der Waals surface area contributed by atoms with Crippen molar-refractivity contribution in [2.24, 2.45) is 5.73 Å². The number of nitrogens with one attached hydrogen (secondary N) is 1. The molecule has 1 aromatic heterocycles. The number of rotatable bonds is 3. The fraction of sp³-hybridized carbons (Fsp3) is 0.538. The topological polar surface area (TPSA) is 83.7 Å². The first-order valence-electron chi connectivity index (χ1n) is 6.87. The van der Waals surface area contributed by atoms with Crippen LogP contribution in [0.2, 0.25) is 0 Å². The zero-order chi connectivity index (χ0) is 13.9. The number of aromatic nitrogens is 1. The van der Waals surface area contributed by atoms with Crippen molar-refractivity contribution in [1.29, 1.82) is 0 Å². The number of nitrogens with two attached hydrogens (primary N) is 1. The number of ether oxygens (including phenoxy) is 1. The molecule has 3 rings (SSSR count). The Morgan fingerprint density at radius 1 is 1.30 bits per heavy atom. The van der Waals surface area contributed by atoms with E-state index in [1.54, 1.807) is 0 Å². The van der Waals surface area contributed by atoms with Gasteiger partial charge in [-0.3, -0.25) is 9.80 Å². The molecular weight excluding hydrogens is 258 g/mol. The number of hydrogen-bond donors (Lipinski definition) is 2. The molecular formula is C13H19N5O2. The number of carbonyl (C=O) groups is 1. The van der Waals surface area contributed by atoms with Gasteiger partial charge in [0, 0.05) is 19.6 Å². The number of primary amides is 1. The van der Waals surface area contributed by atoms with Crippen LogP contribution >= 0.6 is 0 Å². The lowest BCUT2D eigenvalue weighted by molar-refractivity contribution is -0.119. The molecule has 1 atom stereocenters. The summed E-state index contributed by atoms with van der Waals surface area (Å²) >= 11 is 0. The van der Waals surface area contributed by atoms with Crippen molar-refractivity contribution in [3.63, 3.8) is 0 Å². The minimum atomic E-state index is -0.322. The van der Waals surface area contributed by atoms with Gasteiger partial charge in [-0.2, -0.15) is 0 Å². The largest absolute Gasteiger partial charge is 0.378 e. The Bertz CT molecular complexity index is 489. The fourth-order valence-corrected chi connectivity index (χ4v) is 2.49. The van der Waals surface area contributed by atoms with E-state index in [4.69, 9.17) is 10.5 Å².